The summed E-state index contributed by atoms with van der Waals surface area (Å²) in [5.41, 5.74) is 1.21. The number of carbonyl (C=O) groups is 1. The number of allylic oxidation sites excluding steroid dienone is 4. The zero-order chi connectivity index (χ0) is 9.72. The van der Waals surface area contributed by atoms with Crippen LogP contribution in [-0.4, -0.2) is 11.1 Å². The van der Waals surface area contributed by atoms with Crippen LogP contribution in [0, 0.1) is 0 Å². The molecule has 0 radical (unpaired) electrons. The molecule has 3 heteroatoms. The fourth-order valence-electron chi connectivity index (χ4n) is 0.463. The van der Waals surface area contributed by atoms with Gasteiger partial charge in [0.05, 0.1) is 0 Å². The molecule has 66 valence electrons. The Balaban J connectivity index is 4.76. The Kier molecular flexibility index (Phi) is 4.59. The van der Waals surface area contributed by atoms with Crippen molar-refractivity contribution in [3.8, 4) is 0 Å². The lowest BCUT2D eigenvalue weighted by Crippen LogP contribution is -1.95. The molecule has 0 bridgehead atoms. The number of rotatable bonds is 3. The number of halogens is 1. The van der Waals surface area contributed by atoms with E-state index in [4.69, 9.17) is 5.11 Å². The Morgan fingerprint density at radius 1 is 1.50 bits per heavy atom. The summed E-state index contributed by atoms with van der Waals surface area (Å²) in [6.45, 7) is 6.96. The minimum Gasteiger partial charge on any atom is -0.478 e. The standard InChI is InChI=1S/C9H11BrO2/c1-4-6(2)8(10)5-7(3)9(11)12/h4-5H,1H2,2-3H3,(H,11,12)/b7-5+,8-6-. The zero-order valence-electron chi connectivity index (χ0n) is 7.10. The molecule has 2 nitrogen and oxygen atoms in total. The van der Waals surface area contributed by atoms with Gasteiger partial charge in [-0.1, -0.05) is 28.6 Å². The molecule has 0 saturated carbocycles. The van der Waals surface area contributed by atoms with Crippen LogP contribution >= 0.6 is 15.9 Å². The van der Waals surface area contributed by atoms with Gasteiger partial charge in [-0.25, -0.2) is 4.79 Å². The van der Waals surface area contributed by atoms with Crippen molar-refractivity contribution in [2.45, 2.75) is 13.8 Å². The highest BCUT2D eigenvalue weighted by Gasteiger charge is 2.00. The van der Waals surface area contributed by atoms with Gasteiger partial charge in [0.15, 0.2) is 0 Å². The average Bonchev–Trinajstić information content (AvgIpc) is 2.02. The molecule has 0 rings (SSSR count). The first-order chi connectivity index (χ1) is 5.49. The van der Waals surface area contributed by atoms with Gasteiger partial charge in [-0.05, 0) is 25.5 Å². The SMILES string of the molecule is C=C/C(C)=C(Br)/C=C(\C)C(=O)O. The predicted molar refractivity (Wildman–Crippen MR) is 53.2 cm³/mol. The highest BCUT2D eigenvalue weighted by atomic mass is 79.9. The number of carboxylic acids is 1. The van der Waals surface area contributed by atoms with Crippen LogP contribution < -0.4 is 0 Å². The quantitative estimate of drug-likeness (QED) is 0.598. The largest absolute Gasteiger partial charge is 0.478 e. The summed E-state index contributed by atoms with van der Waals surface area (Å²) < 4.78 is 0.748. The van der Waals surface area contributed by atoms with E-state index in [-0.39, 0.29) is 0 Å². The van der Waals surface area contributed by atoms with Crippen molar-refractivity contribution in [3.63, 3.8) is 0 Å². The lowest BCUT2D eigenvalue weighted by atomic mass is 10.2. The first kappa shape index (κ1) is 11.2. The Labute approximate surface area is 80.4 Å². The monoisotopic (exact) mass is 230 g/mol. The van der Waals surface area contributed by atoms with Gasteiger partial charge < -0.3 is 5.11 Å². The van der Waals surface area contributed by atoms with Gasteiger partial charge in [0.2, 0.25) is 0 Å². The van der Waals surface area contributed by atoms with E-state index >= 15 is 0 Å². The molecule has 0 aromatic rings. The number of hydrogen-bond acceptors (Lipinski definition) is 1. The van der Waals surface area contributed by atoms with Crippen LogP contribution in [0.2, 0.25) is 0 Å². The van der Waals surface area contributed by atoms with Crippen LogP contribution in [0.15, 0.2) is 34.4 Å². The molecular weight excluding hydrogens is 220 g/mol. The molecule has 0 amide bonds. The second-order valence-corrected chi connectivity index (χ2v) is 3.22. The molecule has 1 N–H and O–H groups in total. The van der Waals surface area contributed by atoms with Crippen molar-refractivity contribution in [2.75, 3.05) is 0 Å². The third kappa shape index (κ3) is 3.53. The topological polar surface area (TPSA) is 37.3 Å². The fraction of sp³-hybridized carbons (Fsp3) is 0.222. The molecule has 0 aliphatic carbocycles. The van der Waals surface area contributed by atoms with Crippen molar-refractivity contribution in [1.82, 2.24) is 0 Å². The fourth-order valence-corrected chi connectivity index (χ4v) is 0.968. The third-order valence-corrected chi connectivity index (χ3v) is 2.22. The minimum atomic E-state index is -0.913. The Bertz CT molecular complexity index is 262. The summed E-state index contributed by atoms with van der Waals surface area (Å²) in [4.78, 5) is 10.4. The Morgan fingerprint density at radius 3 is 2.33 bits per heavy atom. The van der Waals surface area contributed by atoms with Gasteiger partial charge in [0.1, 0.15) is 0 Å². The molecule has 0 aromatic heterocycles. The summed E-state index contributed by atoms with van der Waals surface area (Å²) >= 11 is 3.24. The van der Waals surface area contributed by atoms with Crippen molar-refractivity contribution < 1.29 is 9.90 Å². The van der Waals surface area contributed by atoms with E-state index in [1.165, 1.54) is 0 Å². The molecule has 0 heterocycles. The molecule has 0 aliphatic rings. The van der Waals surface area contributed by atoms with Crippen LogP contribution in [0.25, 0.3) is 0 Å². The molecule has 0 spiro atoms. The van der Waals surface area contributed by atoms with E-state index in [0.29, 0.717) is 5.57 Å². The van der Waals surface area contributed by atoms with Crippen LogP contribution in [0.5, 0.6) is 0 Å². The van der Waals surface area contributed by atoms with E-state index in [1.807, 2.05) is 6.92 Å². The molecule has 12 heavy (non-hydrogen) atoms. The van der Waals surface area contributed by atoms with Crippen LogP contribution in [-0.2, 0) is 4.79 Å². The molecule has 0 atom stereocenters. The highest BCUT2D eigenvalue weighted by Crippen LogP contribution is 2.15. The van der Waals surface area contributed by atoms with Gasteiger partial charge in [0.25, 0.3) is 0 Å². The van der Waals surface area contributed by atoms with E-state index in [2.05, 4.69) is 22.5 Å². The Hall–Kier alpha value is -0.830. The van der Waals surface area contributed by atoms with E-state index in [9.17, 15) is 4.79 Å². The minimum absolute atomic E-state index is 0.295. The first-order valence-corrected chi connectivity index (χ1v) is 4.18. The van der Waals surface area contributed by atoms with Crippen molar-refractivity contribution in [2.24, 2.45) is 0 Å². The van der Waals surface area contributed by atoms with Gasteiger partial charge in [-0.2, -0.15) is 0 Å². The third-order valence-electron chi connectivity index (χ3n) is 1.36. The number of aliphatic carboxylic acids is 1. The molecular formula is C9H11BrO2. The van der Waals surface area contributed by atoms with Crippen LogP contribution in [0.4, 0.5) is 0 Å². The van der Waals surface area contributed by atoms with Gasteiger partial charge in [-0.3, -0.25) is 0 Å². The maximum absolute atomic E-state index is 10.4. The van der Waals surface area contributed by atoms with E-state index in [1.54, 1.807) is 19.1 Å². The summed E-state index contributed by atoms with van der Waals surface area (Å²) in [5, 5.41) is 8.55. The van der Waals surface area contributed by atoms with Crippen molar-refractivity contribution in [1.29, 1.82) is 0 Å². The maximum Gasteiger partial charge on any atom is 0.331 e. The lowest BCUT2D eigenvalue weighted by molar-refractivity contribution is -0.132. The zero-order valence-corrected chi connectivity index (χ0v) is 8.68. The van der Waals surface area contributed by atoms with Crippen molar-refractivity contribution >= 4 is 21.9 Å². The highest BCUT2D eigenvalue weighted by molar-refractivity contribution is 9.11. The second kappa shape index (κ2) is 4.93. The first-order valence-electron chi connectivity index (χ1n) is 3.39. The molecule has 0 aromatic carbocycles. The van der Waals surface area contributed by atoms with Crippen molar-refractivity contribution in [3.05, 3.63) is 34.4 Å². The number of hydrogen-bond donors (Lipinski definition) is 1. The normalized spacial score (nSPS) is 13.8. The molecule has 0 saturated heterocycles. The van der Waals surface area contributed by atoms with E-state index < -0.39 is 5.97 Å². The molecule has 0 aliphatic heterocycles. The predicted octanol–water partition coefficient (Wildman–Crippen LogP) is 2.87. The summed E-state index contributed by atoms with van der Waals surface area (Å²) in [6, 6.07) is 0. The van der Waals surface area contributed by atoms with Gasteiger partial charge in [0, 0.05) is 10.1 Å². The second-order valence-electron chi connectivity index (χ2n) is 2.37. The Morgan fingerprint density at radius 2 is 2.00 bits per heavy atom. The average molecular weight is 231 g/mol. The van der Waals surface area contributed by atoms with Gasteiger partial charge in [-0.15, -0.1) is 0 Å². The summed E-state index contributed by atoms with van der Waals surface area (Å²) in [6.07, 6.45) is 3.22. The van der Waals surface area contributed by atoms with Crippen LogP contribution in [0.3, 0.4) is 0 Å². The summed E-state index contributed by atoms with van der Waals surface area (Å²) in [7, 11) is 0. The lowest BCUT2D eigenvalue weighted by Gasteiger charge is -1.96. The summed E-state index contributed by atoms with van der Waals surface area (Å²) in [5.74, 6) is -0.913. The molecule has 0 fully saturated rings. The number of carboxylic acid groups (broad SMARTS) is 1. The van der Waals surface area contributed by atoms with Gasteiger partial charge >= 0.3 is 5.97 Å². The van der Waals surface area contributed by atoms with Crippen LogP contribution in [0.1, 0.15) is 13.8 Å². The smallest absolute Gasteiger partial charge is 0.331 e. The molecule has 0 unspecified atom stereocenters. The van der Waals surface area contributed by atoms with E-state index in [0.717, 1.165) is 10.1 Å². The maximum atomic E-state index is 10.4.